The van der Waals surface area contributed by atoms with Crippen molar-refractivity contribution in [1.29, 1.82) is 0 Å². The minimum absolute atomic E-state index is 0.0385. The molecule has 1 aliphatic heterocycles. The largest absolute Gasteiger partial charge is 0.453 e. The Morgan fingerprint density at radius 2 is 1.61 bits per heavy atom. The fourth-order valence-corrected chi connectivity index (χ4v) is 7.38. The first kappa shape index (κ1) is 38.7. The number of methoxy groups -OCH3 is 1. The van der Waals surface area contributed by atoms with Crippen molar-refractivity contribution < 1.29 is 23.9 Å². The Morgan fingerprint density at radius 3 is 2.32 bits per heavy atom. The van der Waals surface area contributed by atoms with Gasteiger partial charge < -0.3 is 29.8 Å². The molecule has 3 N–H and O–H groups in total. The summed E-state index contributed by atoms with van der Waals surface area (Å²) >= 11 is 0. The Labute approximate surface area is 331 Å². The molecule has 0 aliphatic carbocycles. The van der Waals surface area contributed by atoms with E-state index in [1.165, 1.54) is 12.0 Å². The molecule has 13 nitrogen and oxygen atoms in total. The van der Waals surface area contributed by atoms with Gasteiger partial charge in [0.2, 0.25) is 11.8 Å². The highest BCUT2D eigenvalue weighted by molar-refractivity contribution is 5.92. The van der Waals surface area contributed by atoms with Gasteiger partial charge in [-0.3, -0.25) is 19.3 Å². The van der Waals surface area contributed by atoms with Gasteiger partial charge >= 0.3 is 6.09 Å². The average molecular weight is 767 g/mol. The average Bonchev–Trinajstić information content (AvgIpc) is 4.00. The fourth-order valence-electron chi connectivity index (χ4n) is 7.38. The van der Waals surface area contributed by atoms with Gasteiger partial charge in [0, 0.05) is 30.3 Å². The standard InChI is InChI=1S/C44H46N8O5/c1-5-19-51(43(55)41(50(2)3)30-9-7-6-8-10-30)27-39-45-23-37(48-39)34-18-17-32-20-31(15-16-33(32)21-34)28-11-13-29(14-12-28)36-24-46-42(49-36)38-22-35(53)26-52(38)40(54)25-47-44(56)57-4/h6-18,20-21,23-24,38,41H,5,19,22,25-27H2,1-4H3,(H,45,48)(H,46,49)(H,47,56)/t38-,41+/m0/s1. The SMILES string of the molecule is CCCN(Cc1ncc(-c2ccc3cc(-c4ccc(-c5c[nH]c([C@@H]6CC(=O)CN6C(=O)CNC(=O)OC)n5)cc4)ccc3c2)[nH]1)C(=O)[C@@H](c1ccccc1)N(C)C. The number of hydrogen-bond donors (Lipinski definition) is 3. The first-order valence-electron chi connectivity index (χ1n) is 19.0. The number of amides is 3. The number of carbonyl (C=O) groups excluding carboxylic acids is 4. The van der Waals surface area contributed by atoms with Crippen LogP contribution in [-0.4, -0.2) is 99.2 Å². The molecule has 3 amide bonds. The number of ketones is 1. The molecule has 2 atom stereocenters. The monoisotopic (exact) mass is 766 g/mol. The predicted octanol–water partition coefficient (Wildman–Crippen LogP) is 6.53. The number of nitrogens with zero attached hydrogens (tertiary/aromatic N) is 5. The van der Waals surface area contributed by atoms with Crippen LogP contribution in [0, 0.1) is 0 Å². The number of aromatic amines is 2. The van der Waals surface area contributed by atoms with E-state index in [1.807, 2.05) is 84.7 Å². The molecule has 13 heteroatoms. The van der Waals surface area contributed by atoms with Crippen LogP contribution in [0.15, 0.2) is 103 Å². The highest BCUT2D eigenvalue weighted by Gasteiger charge is 2.37. The Bertz CT molecular complexity index is 2390. The van der Waals surface area contributed by atoms with Gasteiger partial charge in [0.25, 0.3) is 0 Å². The highest BCUT2D eigenvalue weighted by atomic mass is 16.5. The van der Waals surface area contributed by atoms with Gasteiger partial charge in [0.15, 0.2) is 5.78 Å². The van der Waals surface area contributed by atoms with Crippen molar-refractivity contribution in [3.63, 3.8) is 0 Å². The third-order valence-electron chi connectivity index (χ3n) is 10.3. The Kier molecular flexibility index (Phi) is 11.6. The van der Waals surface area contributed by atoms with Gasteiger partial charge in [-0.25, -0.2) is 14.8 Å². The van der Waals surface area contributed by atoms with Crippen LogP contribution in [0.1, 0.15) is 49.1 Å². The van der Waals surface area contributed by atoms with Gasteiger partial charge in [-0.05, 0) is 60.1 Å². The molecule has 0 unspecified atom stereocenters. The molecule has 1 saturated heterocycles. The van der Waals surface area contributed by atoms with Gasteiger partial charge in [-0.1, -0.05) is 85.8 Å². The first-order valence-corrected chi connectivity index (χ1v) is 19.0. The van der Waals surface area contributed by atoms with Crippen LogP contribution in [0.5, 0.6) is 0 Å². The third kappa shape index (κ3) is 8.63. The second-order valence-corrected chi connectivity index (χ2v) is 14.4. The topological polar surface area (TPSA) is 157 Å². The first-order chi connectivity index (χ1) is 27.6. The van der Waals surface area contributed by atoms with Crippen molar-refractivity contribution in [3.8, 4) is 33.6 Å². The number of fused-ring (bicyclic) bond motifs is 1. The lowest BCUT2D eigenvalue weighted by molar-refractivity contribution is -0.137. The summed E-state index contributed by atoms with van der Waals surface area (Å²) in [6, 6.07) is 29.8. The number of benzene rings is 4. The molecular formula is C44H46N8O5. The summed E-state index contributed by atoms with van der Waals surface area (Å²) < 4.78 is 4.54. The van der Waals surface area contributed by atoms with E-state index in [2.05, 4.69) is 68.3 Å². The Morgan fingerprint density at radius 1 is 0.930 bits per heavy atom. The number of imidazole rings is 2. The maximum atomic E-state index is 13.8. The van der Waals surface area contributed by atoms with Crippen LogP contribution in [0.25, 0.3) is 44.4 Å². The van der Waals surface area contributed by atoms with Gasteiger partial charge in [-0.2, -0.15) is 0 Å². The van der Waals surface area contributed by atoms with Crippen molar-refractivity contribution in [2.24, 2.45) is 0 Å². The number of hydrogen-bond acceptors (Lipinski definition) is 8. The lowest BCUT2D eigenvalue weighted by Gasteiger charge is -2.30. The Balaban J connectivity index is 1.02. The molecule has 3 heterocycles. The predicted molar refractivity (Wildman–Crippen MR) is 218 cm³/mol. The molecule has 0 spiro atoms. The zero-order valence-corrected chi connectivity index (χ0v) is 32.5. The zero-order chi connectivity index (χ0) is 40.1. The van der Waals surface area contributed by atoms with Crippen molar-refractivity contribution in [2.75, 3.05) is 40.8 Å². The van der Waals surface area contributed by atoms with Crippen molar-refractivity contribution in [3.05, 3.63) is 121 Å². The molecule has 57 heavy (non-hydrogen) atoms. The van der Waals surface area contributed by atoms with E-state index < -0.39 is 18.0 Å². The number of nitrogens with one attached hydrogen (secondary N) is 3. The number of likely N-dealkylation sites (N-methyl/N-ethyl adjacent to an activating group) is 1. The molecular weight excluding hydrogens is 721 g/mol. The number of ether oxygens (including phenoxy) is 1. The number of Topliss-reactive ketones (excluding diaryl/α,β-unsaturated/α-hetero) is 1. The van der Waals surface area contributed by atoms with E-state index in [0.29, 0.717) is 24.6 Å². The van der Waals surface area contributed by atoms with Crippen LogP contribution in [-0.2, 0) is 25.7 Å². The number of alkyl carbamates (subject to hydrolysis) is 1. The van der Waals surface area contributed by atoms with Gasteiger partial charge in [0.1, 0.15) is 24.2 Å². The summed E-state index contributed by atoms with van der Waals surface area (Å²) in [4.78, 5) is 71.7. The molecule has 0 saturated carbocycles. The zero-order valence-electron chi connectivity index (χ0n) is 32.5. The molecule has 292 valence electrons. The highest BCUT2D eigenvalue weighted by Crippen LogP contribution is 2.32. The van der Waals surface area contributed by atoms with E-state index in [-0.39, 0.29) is 37.2 Å². The second kappa shape index (κ2) is 17.0. The van der Waals surface area contributed by atoms with Crippen molar-refractivity contribution in [1.82, 2.24) is 40.0 Å². The van der Waals surface area contributed by atoms with Crippen molar-refractivity contribution in [2.45, 2.75) is 38.4 Å². The molecule has 1 aliphatic rings. The minimum atomic E-state index is -0.716. The second-order valence-electron chi connectivity index (χ2n) is 14.4. The van der Waals surface area contributed by atoms with E-state index >= 15 is 0 Å². The third-order valence-corrected chi connectivity index (χ3v) is 10.3. The normalized spacial score (nSPS) is 14.6. The van der Waals surface area contributed by atoms with E-state index in [9.17, 15) is 19.2 Å². The molecule has 0 bridgehead atoms. The van der Waals surface area contributed by atoms with E-state index in [1.54, 1.807) is 6.20 Å². The number of aromatic nitrogens is 4. The lowest BCUT2D eigenvalue weighted by Crippen LogP contribution is -2.40. The molecule has 1 fully saturated rings. The van der Waals surface area contributed by atoms with E-state index in [0.717, 1.165) is 56.5 Å². The Hall–Kier alpha value is -6.60. The quantitative estimate of drug-likeness (QED) is 0.120. The lowest BCUT2D eigenvalue weighted by atomic mass is 9.98. The number of carbonyl (C=O) groups is 4. The molecule has 2 aromatic heterocycles. The summed E-state index contributed by atoms with van der Waals surface area (Å²) in [7, 11) is 5.09. The summed E-state index contributed by atoms with van der Waals surface area (Å²) in [5, 5.41) is 4.56. The van der Waals surface area contributed by atoms with Crippen molar-refractivity contribution >= 4 is 34.5 Å². The molecule has 4 aromatic carbocycles. The molecule has 7 rings (SSSR count). The van der Waals surface area contributed by atoms with Gasteiger partial charge in [0.05, 0.1) is 43.8 Å². The minimum Gasteiger partial charge on any atom is -0.453 e. The fraction of sp³-hybridized carbons (Fsp3) is 0.273. The molecule has 0 radical (unpaired) electrons. The summed E-state index contributed by atoms with van der Waals surface area (Å²) in [5.41, 5.74) is 6.55. The maximum Gasteiger partial charge on any atom is 0.407 e. The number of rotatable bonds is 13. The molecule has 6 aromatic rings. The number of H-pyrrole nitrogens is 2. The van der Waals surface area contributed by atoms with Crippen LogP contribution in [0.3, 0.4) is 0 Å². The van der Waals surface area contributed by atoms with Gasteiger partial charge in [-0.15, -0.1) is 0 Å². The van der Waals surface area contributed by atoms with E-state index in [4.69, 9.17) is 4.98 Å². The maximum absolute atomic E-state index is 13.8. The van der Waals surface area contributed by atoms with Crippen LogP contribution in [0.2, 0.25) is 0 Å². The summed E-state index contributed by atoms with van der Waals surface area (Å²) in [6.45, 7) is 2.78. The van der Waals surface area contributed by atoms with Crippen LogP contribution < -0.4 is 5.32 Å². The summed E-state index contributed by atoms with van der Waals surface area (Å²) in [6.07, 6.45) is 3.87. The van der Waals surface area contributed by atoms with Crippen LogP contribution >= 0.6 is 0 Å². The summed E-state index contributed by atoms with van der Waals surface area (Å²) in [5.74, 6) is 0.825. The van der Waals surface area contributed by atoms with Crippen LogP contribution in [0.4, 0.5) is 4.79 Å². The smallest absolute Gasteiger partial charge is 0.407 e. The number of likely N-dealkylation sites (tertiary alicyclic amines) is 1.